The van der Waals surface area contributed by atoms with E-state index in [1.807, 2.05) is 0 Å². The van der Waals surface area contributed by atoms with E-state index in [0.717, 1.165) is 12.8 Å². The van der Waals surface area contributed by atoms with Gasteiger partial charge in [0.1, 0.15) is 5.75 Å². The summed E-state index contributed by atoms with van der Waals surface area (Å²) in [6.45, 7) is 2.40. The van der Waals surface area contributed by atoms with Crippen molar-refractivity contribution in [3.05, 3.63) is 23.8 Å². The summed E-state index contributed by atoms with van der Waals surface area (Å²) in [5.41, 5.74) is 0.208. The number of nitrogens with zero attached hydrogens (tertiary/aromatic N) is 1. The number of ether oxygens (including phenoxy) is 3. The van der Waals surface area contributed by atoms with Crippen LogP contribution in [0.25, 0.3) is 0 Å². The average molecular weight is 441 g/mol. The number of methoxy groups -OCH3 is 1. The Hall–Kier alpha value is -1.68. The minimum absolute atomic E-state index is 0.0796. The standard InChI is InChI=1S/C21H32N2O6S/c1-27-20-9-8-18(30(25,26)23-11-14-28-15-12-23)16-19(20)21(24)22-10-5-13-29-17-6-3-2-4-7-17/h8-9,16-17H,2-7,10-15H2,1H3,(H,22,24). The van der Waals surface area contributed by atoms with Gasteiger partial charge in [-0.05, 0) is 37.5 Å². The van der Waals surface area contributed by atoms with E-state index in [4.69, 9.17) is 14.2 Å². The zero-order valence-electron chi connectivity index (χ0n) is 17.6. The van der Waals surface area contributed by atoms with E-state index in [1.54, 1.807) is 0 Å². The molecule has 2 aliphatic rings. The Morgan fingerprint density at radius 3 is 2.63 bits per heavy atom. The van der Waals surface area contributed by atoms with Gasteiger partial charge < -0.3 is 19.5 Å². The maximum Gasteiger partial charge on any atom is 0.255 e. The molecule has 9 heteroatoms. The van der Waals surface area contributed by atoms with Crippen molar-refractivity contribution in [3.63, 3.8) is 0 Å². The van der Waals surface area contributed by atoms with Crippen LogP contribution in [-0.2, 0) is 19.5 Å². The molecule has 0 aromatic heterocycles. The highest BCUT2D eigenvalue weighted by molar-refractivity contribution is 7.89. The van der Waals surface area contributed by atoms with Crippen LogP contribution in [0.15, 0.2) is 23.1 Å². The zero-order chi connectivity index (χ0) is 21.4. The number of hydrogen-bond acceptors (Lipinski definition) is 6. The lowest BCUT2D eigenvalue weighted by atomic mass is 9.98. The summed E-state index contributed by atoms with van der Waals surface area (Å²) >= 11 is 0. The molecule has 1 heterocycles. The number of sulfonamides is 1. The van der Waals surface area contributed by atoms with E-state index in [1.165, 1.54) is 48.9 Å². The van der Waals surface area contributed by atoms with Gasteiger partial charge in [0.2, 0.25) is 10.0 Å². The number of carbonyl (C=O) groups is 1. The van der Waals surface area contributed by atoms with Crippen molar-refractivity contribution in [3.8, 4) is 5.75 Å². The molecule has 1 aliphatic carbocycles. The third kappa shape index (κ3) is 5.94. The average Bonchev–Trinajstić information content (AvgIpc) is 2.79. The van der Waals surface area contributed by atoms with E-state index in [-0.39, 0.29) is 16.4 Å². The second-order valence-corrected chi connectivity index (χ2v) is 9.56. The van der Waals surface area contributed by atoms with Crippen molar-refractivity contribution in [1.82, 2.24) is 9.62 Å². The lowest BCUT2D eigenvalue weighted by Crippen LogP contribution is -2.40. The van der Waals surface area contributed by atoms with Gasteiger partial charge in [-0.1, -0.05) is 19.3 Å². The molecule has 0 bridgehead atoms. The SMILES string of the molecule is COc1ccc(S(=O)(=O)N2CCOCC2)cc1C(=O)NCCCOC1CCCCC1. The highest BCUT2D eigenvalue weighted by Gasteiger charge is 2.28. The van der Waals surface area contributed by atoms with Gasteiger partial charge in [0, 0.05) is 26.2 Å². The quantitative estimate of drug-likeness (QED) is 0.592. The van der Waals surface area contributed by atoms with Gasteiger partial charge in [-0.15, -0.1) is 0 Å². The summed E-state index contributed by atoms with van der Waals surface area (Å²) < 4.78 is 43.5. The highest BCUT2D eigenvalue weighted by Crippen LogP contribution is 2.25. The predicted octanol–water partition coefficient (Wildman–Crippen LogP) is 2.19. The fraction of sp³-hybridized carbons (Fsp3) is 0.667. The van der Waals surface area contributed by atoms with Crippen LogP contribution in [0.2, 0.25) is 0 Å². The molecule has 1 aliphatic heterocycles. The first-order valence-corrected chi connectivity index (χ1v) is 12.1. The summed E-state index contributed by atoms with van der Waals surface area (Å²) in [6, 6.07) is 4.38. The minimum Gasteiger partial charge on any atom is -0.496 e. The van der Waals surface area contributed by atoms with Gasteiger partial charge >= 0.3 is 0 Å². The van der Waals surface area contributed by atoms with Gasteiger partial charge in [0.05, 0.1) is 36.9 Å². The largest absolute Gasteiger partial charge is 0.496 e. The van der Waals surface area contributed by atoms with Crippen LogP contribution in [0.5, 0.6) is 5.75 Å². The third-order valence-corrected chi connectivity index (χ3v) is 7.43. The number of morpholine rings is 1. The summed E-state index contributed by atoms with van der Waals surface area (Å²) in [5.74, 6) is -0.0181. The van der Waals surface area contributed by atoms with Crippen molar-refractivity contribution in [2.24, 2.45) is 0 Å². The van der Waals surface area contributed by atoms with Crippen LogP contribution in [-0.4, -0.2) is 71.3 Å². The number of hydrogen-bond donors (Lipinski definition) is 1. The van der Waals surface area contributed by atoms with Crippen molar-refractivity contribution < 1.29 is 27.4 Å². The molecule has 0 unspecified atom stereocenters. The first-order chi connectivity index (χ1) is 14.5. The molecule has 0 spiro atoms. The molecule has 0 radical (unpaired) electrons. The second kappa shape index (κ2) is 11.1. The van der Waals surface area contributed by atoms with Crippen LogP contribution in [0, 0.1) is 0 Å². The monoisotopic (exact) mass is 440 g/mol. The number of carbonyl (C=O) groups excluding carboxylic acids is 1. The number of rotatable bonds is 9. The fourth-order valence-corrected chi connectivity index (χ4v) is 5.25. The molecule has 168 valence electrons. The molecule has 0 atom stereocenters. The van der Waals surface area contributed by atoms with Crippen molar-refractivity contribution in [2.75, 3.05) is 46.6 Å². The van der Waals surface area contributed by atoms with E-state index in [2.05, 4.69) is 5.32 Å². The summed E-state index contributed by atoms with van der Waals surface area (Å²) in [5, 5.41) is 2.84. The van der Waals surface area contributed by atoms with Crippen LogP contribution in [0.4, 0.5) is 0 Å². The minimum atomic E-state index is -3.69. The van der Waals surface area contributed by atoms with E-state index >= 15 is 0 Å². The van der Waals surface area contributed by atoms with Gasteiger partial charge in [-0.25, -0.2) is 8.42 Å². The zero-order valence-corrected chi connectivity index (χ0v) is 18.4. The van der Waals surface area contributed by atoms with Crippen molar-refractivity contribution in [2.45, 2.75) is 49.5 Å². The molecule has 1 amide bonds. The van der Waals surface area contributed by atoms with Crippen LogP contribution in [0.3, 0.4) is 0 Å². The molecule has 1 N–H and O–H groups in total. The van der Waals surface area contributed by atoms with Crippen LogP contribution >= 0.6 is 0 Å². The second-order valence-electron chi connectivity index (χ2n) is 7.62. The lowest BCUT2D eigenvalue weighted by Gasteiger charge is -2.26. The Kier molecular flexibility index (Phi) is 8.50. The van der Waals surface area contributed by atoms with E-state index in [0.29, 0.717) is 57.7 Å². The summed E-state index contributed by atoms with van der Waals surface area (Å²) in [4.78, 5) is 12.8. The van der Waals surface area contributed by atoms with Crippen molar-refractivity contribution >= 4 is 15.9 Å². The van der Waals surface area contributed by atoms with Gasteiger partial charge in [-0.3, -0.25) is 4.79 Å². The molecule has 1 saturated carbocycles. The summed E-state index contributed by atoms with van der Waals surface area (Å²) in [6.07, 6.45) is 7.03. The maximum absolute atomic E-state index is 12.9. The molecular formula is C21H32N2O6S. The summed E-state index contributed by atoms with van der Waals surface area (Å²) in [7, 11) is -2.23. The molecule has 1 aromatic rings. The van der Waals surface area contributed by atoms with Gasteiger partial charge in [0.25, 0.3) is 5.91 Å². The van der Waals surface area contributed by atoms with Gasteiger partial charge in [0.15, 0.2) is 0 Å². The fourth-order valence-electron chi connectivity index (χ4n) is 3.81. The van der Waals surface area contributed by atoms with Crippen molar-refractivity contribution in [1.29, 1.82) is 0 Å². The lowest BCUT2D eigenvalue weighted by molar-refractivity contribution is 0.0273. The Labute approximate surface area is 178 Å². The molecule has 1 saturated heterocycles. The van der Waals surface area contributed by atoms with Crippen LogP contribution in [0.1, 0.15) is 48.9 Å². The molecule has 8 nitrogen and oxygen atoms in total. The molecule has 30 heavy (non-hydrogen) atoms. The molecular weight excluding hydrogens is 408 g/mol. The Morgan fingerprint density at radius 2 is 1.93 bits per heavy atom. The van der Waals surface area contributed by atoms with E-state index in [9.17, 15) is 13.2 Å². The first-order valence-electron chi connectivity index (χ1n) is 10.7. The first kappa shape index (κ1) is 23.0. The highest BCUT2D eigenvalue weighted by atomic mass is 32.2. The Morgan fingerprint density at radius 1 is 1.20 bits per heavy atom. The molecule has 1 aromatic carbocycles. The Bertz CT molecular complexity index is 802. The molecule has 2 fully saturated rings. The van der Waals surface area contributed by atoms with Gasteiger partial charge in [-0.2, -0.15) is 4.31 Å². The smallest absolute Gasteiger partial charge is 0.255 e. The number of amides is 1. The van der Waals surface area contributed by atoms with Crippen LogP contribution < -0.4 is 10.1 Å². The van der Waals surface area contributed by atoms with E-state index < -0.39 is 10.0 Å². The Balaban J connectivity index is 1.58. The maximum atomic E-state index is 12.9. The topological polar surface area (TPSA) is 94.2 Å². The molecule has 3 rings (SSSR count). The number of nitrogens with one attached hydrogen (secondary N) is 1. The third-order valence-electron chi connectivity index (χ3n) is 5.54. The number of benzene rings is 1. The normalized spacial score (nSPS) is 18.8. The predicted molar refractivity (Wildman–Crippen MR) is 112 cm³/mol.